The van der Waals surface area contributed by atoms with Gasteiger partial charge in [-0.15, -0.1) is 11.3 Å². The summed E-state index contributed by atoms with van der Waals surface area (Å²) in [6.45, 7) is 2.36. The van der Waals surface area contributed by atoms with Crippen LogP contribution >= 0.6 is 23.6 Å². The Bertz CT molecular complexity index is 686. The molecule has 20 heavy (non-hydrogen) atoms. The molecule has 0 aliphatic carbocycles. The van der Waals surface area contributed by atoms with E-state index in [2.05, 4.69) is 5.32 Å². The Labute approximate surface area is 125 Å². The number of carbonyl (C=O) groups excluding carboxylic acids is 1. The molecule has 3 rings (SSSR count). The number of carbonyl (C=O) groups is 1. The summed E-state index contributed by atoms with van der Waals surface area (Å²) >= 11 is 6.81. The van der Waals surface area contributed by atoms with Crippen LogP contribution in [0.3, 0.4) is 0 Å². The number of nitrogens with zero attached hydrogens (tertiary/aromatic N) is 1. The molecule has 0 unspecified atom stereocenters. The van der Waals surface area contributed by atoms with Crippen LogP contribution in [-0.4, -0.2) is 15.9 Å². The van der Waals surface area contributed by atoms with Crippen molar-refractivity contribution in [1.29, 1.82) is 0 Å². The van der Waals surface area contributed by atoms with Crippen LogP contribution < -0.4 is 5.32 Å². The molecule has 1 fully saturated rings. The van der Waals surface area contributed by atoms with Crippen molar-refractivity contribution in [1.82, 2.24) is 10.2 Å². The topological polar surface area (TPSA) is 45.5 Å². The molecule has 1 aliphatic rings. The highest BCUT2D eigenvalue weighted by molar-refractivity contribution is 7.80. The van der Waals surface area contributed by atoms with E-state index in [1.54, 1.807) is 23.7 Å². The lowest BCUT2D eigenvalue weighted by atomic mass is 10.2. The molecule has 0 bridgehead atoms. The number of amides is 1. The van der Waals surface area contributed by atoms with Crippen LogP contribution in [0.1, 0.15) is 16.2 Å². The molecule has 1 N–H and O–H groups in total. The summed E-state index contributed by atoms with van der Waals surface area (Å²) in [5.74, 6) is 0.579. The third-order valence-electron chi connectivity index (χ3n) is 3.03. The Morgan fingerprint density at radius 2 is 2.35 bits per heavy atom. The molecule has 0 atom stereocenters. The molecular formula is C14H12N2O2S2. The van der Waals surface area contributed by atoms with Gasteiger partial charge in [-0.3, -0.25) is 9.69 Å². The van der Waals surface area contributed by atoms with Gasteiger partial charge in [0.2, 0.25) is 0 Å². The van der Waals surface area contributed by atoms with Crippen molar-refractivity contribution in [3.05, 3.63) is 51.7 Å². The van der Waals surface area contributed by atoms with Crippen molar-refractivity contribution in [2.24, 2.45) is 0 Å². The highest BCUT2D eigenvalue weighted by Gasteiger charge is 2.31. The average molecular weight is 304 g/mol. The SMILES string of the molecule is Cc1ccsc1/C=C1\NC(=S)N(Cc2ccco2)C1=O. The smallest absolute Gasteiger partial charge is 0.276 e. The van der Waals surface area contributed by atoms with Gasteiger partial charge in [0.15, 0.2) is 5.11 Å². The lowest BCUT2D eigenvalue weighted by Gasteiger charge is -2.11. The lowest BCUT2D eigenvalue weighted by molar-refractivity contribution is -0.122. The second kappa shape index (κ2) is 5.22. The van der Waals surface area contributed by atoms with Crippen LogP contribution in [0.25, 0.3) is 6.08 Å². The summed E-state index contributed by atoms with van der Waals surface area (Å²) in [6, 6.07) is 5.63. The quantitative estimate of drug-likeness (QED) is 0.699. The van der Waals surface area contributed by atoms with E-state index in [0.717, 1.165) is 10.4 Å². The standard InChI is InChI=1S/C14H12N2O2S2/c1-9-4-6-20-12(9)7-11-13(17)16(14(19)15-11)8-10-3-2-5-18-10/h2-7H,8H2,1H3,(H,15,19)/b11-7-. The highest BCUT2D eigenvalue weighted by Crippen LogP contribution is 2.22. The first-order valence-corrected chi connectivity index (χ1v) is 7.35. The summed E-state index contributed by atoms with van der Waals surface area (Å²) in [5.41, 5.74) is 1.65. The Kier molecular flexibility index (Phi) is 3.42. The number of hydrogen-bond donors (Lipinski definition) is 1. The molecule has 1 aliphatic heterocycles. The number of thiocarbonyl (C=S) groups is 1. The summed E-state index contributed by atoms with van der Waals surface area (Å²) in [5, 5.41) is 5.37. The van der Waals surface area contributed by atoms with Crippen molar-refractivity contribution in [3.8, 4) is 0 Å². The number of hydrogen-bond acceptors (Lipinski definition) is 4. The zero-order valence-electron chi connectivity index (χ0n) is 10.8. The van der Waals surface area contributed by atoms with Gasteiger partial charge in [-0.05, 0) is 54.4 Å². The molecule has 0 aromatic carbocycles. The third kappa shape index (κ3) is 2.39. The zero-order chi connectivity index (χ0) is 14.1. The number of aryl methyl sites for hydroxylation is 1. The molecule has 2 aromatic heterocycles. The van der Waals surface area contributed by atoms with Crippen LogP contribution in [0.15, 0.2) is 40.0 Å². The Hall–Kier alpha value is -1.92. The van der Waals surface area contributed by atoms with Crippen LogP contribution in [0.5, 0.6) is 0 Å². The Morgan fingerprint density at radius 1 is 1.50 bits per heavy atom. The molecule has 3 heterocycles. The fourth-order valence-corrected chi connectivity index (χ4v) is 3.05. The van der Waals surface area contributed by atoms with Gasteiger partial charge in [0.25, 0.3) is 5.91 Å². The minimum absolute atomic E-state index is 0.126. The van der Waals surface area contributed by atoms with Crippen molar-refractivity contribution >= 4 is 40.7 Å². The van der Waals surface area contributed by atoms with Crippen LogP contribution in [0.4, 0.5) is 0 Å². The predicted molar refractivity (Wildman–Crippen MR) is 82.0 cm³/mol. The fourth-order valence-electron chi connectivity index (χ4n) is 1.94. The summed E-state index contributed by atoms with van der Waals surface area (Å²) in [4.78, 5) is 14.9. The first-order chi connectivity index (χ1) is 9.65. The van der Waals surface area contributed by atoms with E-state index in [1.807, 2.05) is 30.5 Å². The second-order valence-electron chi connectivity index (χ2n) is 4.43. The fraction of sp³-hybridized carbons (Fsp3) is 0.143. The van der Waals surface area contributed by atoms with Gasteiger partial charge in [-0.2, -0.15) is 0 Å². The molecule has 0 radical (unpaired) electrons. The van der Waals surface area contributed by atoms with Gasteiger partial charge in [0.05, 0.1) is 12.8 Å². The molecule has 0 spiro atoms. The molecule has 1 saturated heterocycles. The van der Waals surface area contributed by atoms with Gasteiger partial charge in [0, 0.05) is 4.88 Å². The van der Waals surface area contributed by atoms with Crippen molar-refractivity contribution in [2.45, 2.75) is 13.5 Å². The highest BCUT2D eigenvalue weighted by atomic mass is 32.1. The van der Waals surface area contributed by atoms with Gasteiger partial charge in [-0.25, -0.2) is 0 Å². The van der Waals surface area contributed by atoms with Gasteiger partial charge < -0.3 is 9.73 Å². The number of nitrogens with one attached hydrogen (secondary N) is 1. The molecule has 6 heteroatoms. The Morgan fingerprint density at radius 3 is 3.00 bits per heavy atom. The van der Waals surface area contributed by atoms with E-state index in [4.69, 9.17) is 16.6 Å². The molecule has 4 nitrogen and oxygen atoms in total. The van der Waals surface area contributed by atoms with Crippen molar-refractivity contribution in [2.75, 3.05) is 0 Å². The number of furan rings is 1. The maximum atomic E-state index is 12.4. The van der Waals surface area contributed by atoms with E-state index in [9.17, 15) is 4.79 Å². The van der Waals surface area contributed by atoms with Crippen molar-refractivity contribution < 1.29 is 9.21 Å². The third-order valence-corrected chi connectivity index (χ3v) is 4.32. The van der Waals surface area contributed by atoms with Crippen LogP contribution in [-0.2, 0) is 11.3 Å². The van der Waals surface area contributed by atoms with E-state index in [1.165, 1.54) is 4.90 Å². The maximum Gasteiger partial charge on any atom is 0.276 e. The van der Waals surface area contributed by atoms with E-state index in [-0.39, 0.29) is 5.91 Å². The van der Waals surface area contributed by atoms with Crippen LogP contribution in [0, 0.1) is 6.92 Å². The number of thiophene rings is 1. The molecule has 0 saturated carbocycles. The first-order valence-electron chi connectivity index (χ1n) is 6.06. The zero-order valence-corrected chi connectivity index (χ0v) is 12.4. The average Bonchev–Trinajstić information content (AvgIpc) is 3.11. The van der Waals surface area contributed by atoms with Crippen molar-refractivity contribution in [3.63, 3.8) is 0 Å². The van der Waals surface area contributed by atoms with Crippen LogP contribution in [0.2, 0.25) is 0 Å². The molecule has 2 aromatic rings. The Balaban J connectivity index is 1.83. The monoisotopic (exact) mass is 304 g/mol. The van der Waals surface area contributed by atoms with Gasteiger partial charge >= 0.3 is 0 Å². The van der Waals surface area contributed by atoms with E-state index in [0.29, 0.717) is 23.1 Å². The van der Waals surface area contributed by atoms with Gasteiger partial charge in [0.1, 0.15) is 11.5 Å². The molecule has 1 amide bonds. The lowest BCUT2D eigenvalue weighted by Crippen LogP contribution is -2.29. The van der Waals surface area contributed by atoms with Gasteiger partial charge in [-0.1, -0.05) is 0 Å². The largest absolute Gasteiger partial charge is 0.467 e. The summed E-state index contributed by atoms with van der Waals surface area (Å²) in [6.07, 6.45) is 3.43. The first kappa shape index (κ1) is 13.1. The summed E-state index contributed by atoms with van der Waals surface area (Å²) < 4.78 is 5.25. The molecular weight excluding hydrogens is 292 g/mol. The minimum Gasteiger partial charge on any atom is -0.467 e. The molecule has 102 valence electrons. The van der Waals surface area contributed by atoms with E-state index >= 15 is 0 Å². The summed E-state index contributed by atoms with van der Waals surface area (Å²) in [7, 11) is 0. The van der Waals surface area contributed by atoms with E-state index < -0.39 is 0 Å². The predicted octanol–water partition coefficient (Wildman–Crippen LogP) is 2.91. The minimum atomic E-state index is -0.126. The number of rotatable bonds is 3. The normalized spacial score (nSPS) is 17.1. The second-order valence-corrected chi connectivity index (χ2v) is 5.76. The maximum absolute atomic E-state index is 12.4.